The van der Waals surface area contributed by atoms with E-state index in [4.69, 9.17) is 16.0 Å². The average Bonchev–Trinajstić information content (AvgIpc) is 2.52. The number of aryl methyl sites for hydroxylation is 1. The van der Waals surface area contributed by atoms with Gasteiger partial charge in [-0.2, -0.15) is 0 Å². The molecule has 0 saturated carbocycles. The number of anilines is 1. The van der Waals surface area contributed by atoms with Gasteiger partial charge in [0.25, 0.3) is 0 Å². The van der Waals surface area contributed by atoms with Gasteiger partial charge in [0.1, 0.15) is 5.84 Å². The number of rotatable bonds is 2. The van der Waals surface area contributed by atoms with Crippen LogP contribution in [0.5, 0.6) is 0 Å². The van der Waals surface area contributed by atoms with Crippen LogP contribution in [0.2, 0.25) is 5.02 Å². The lowest BCUT2D eigenvalue weighted by atomic mass is 10.1. The van der Waals surface area contributed by atoms with Gasteiger partial charge in [0.15, 0.2) is 0 Å². The molecule has 0 saturated heterocycles. The van der Waals surface area contributed by atoms with E-state index in [1.807, 2.05) is 37.3 Å². The van der Waals surface area contributed by atoms with Crippen LogP contribution in [0.4, 0.5) is 5.69 Å². The Bertz CT molecular complexity index is 841. The fourth-order valence-electron chi connectivity index (χ4n) is 2.37. The summed E-state index contributed by atoms with van der Waals surface area (Å²) in [4.78, 5) is 1.06. The predicted molar refractivity (Wildman–Crippen MR) is 112 cm³/mol. The number of halogens is 1. The number of benzene rings is 2. The van der Waals surface area contributed by atoms with Crippen LogP contribution in [0, 0.1) is 6.92 Å². The van der Waals surface area contributed by atoms with E-state index >= 15 is 0 Å². The van der Waals surface area contributed by atoms with Crippen molar-refractivity contribution in [2.24, 2.45) is 4.40 Å². The van der Waals surface area contributed by atoms with Gasteiger partial charge in [-0.25, -0.2) is 4.40 Å². The molecule has 2 aromatic carbocycles. The molecule has 0 aliphatic carbocycles. The summed E-state index contributed by atoms with van der Waals surface area (Å²) in [5.41, 5.74) is 3.22. The van der Waals surface area contributed by atoms with Gasteiger partial charge >= 0.3 is 0 Å². The van der Waals surface area contributed by atoms with Crippen LogP contribution in [-0.4, -0.2) is 23.4 Å². The molecular weight excluding hydrogens is 344 g/mol. The van der Waals surface area contributed by atoms with Crippen molar-refractivity contribution in [1.29, 1.82) is 0 Å². The van der Waals surface area contributed by atoms with Crippen LogP contribution in [0.15, 0.2) is 51.8 Å². The maximum atomic E-state index is 6.24. The Morgan fingerprint density at radius 3 is 2.48 bits per heavy atom. The van der Waals surface area contributed by atoms with Crippen molar-refractivity contribution in [3.8, 4) is 0 Å². The van der Waals surface area contributed by atoms with Gasteiger partial charge in [0, 0.05) is 16.3 Å². The Balaban J connectivity index is 0.000000924. The maximum Gasteiger partial charge on any atom is 0.118 e. The molecule has 0 unspecified atom stereocenters. The minimum atomic E-state index is -1.68. The zero-order valence-corrected chi connectivity index (χ0v) is 15.4. The fourth-order valence-corrected chi connectivity index (χ4v) is 4.08. The smallest absolute Gasteiger partial charge is 0.118 e. The Morgan fingerprint density at radius 2 is 1.83 bits per heavy atom. The van der Waals surface area contributed by atoms with Gasteiger partial charge in [-0.1, -0.05) is 75.3 Å². The molecule has 0 bridgehead atoms. The molecule has 3 rings (SSSR count). The van der Waals surface area contributed by atoms with E-state index < -0.39 is 9.39 Å². The minimum Gasteiger partial charge on any atom is -0.342 e. The number of nitrogens with zero attached hydrogens (tertiary/aromatic N) is 1. The number of fused-ring (bicyclic) bond motifs is 1. The van der Waals surface area contributed by atoms with Crippen LogP contribution in [0.25, 0.3) is 0 Å². The monoisotopic (exact) mass is 362 g/mol. The lowest BCUT2D eigenvalue weighted by Crippen LogP contribution is -2.19. The van der Waals surface area contributed by atoms with Gasteiger partial charge in [-0.15, -0.1) is 0 Å². The van der Waals surface area contributed by atoms with Crippen LogP contribution in [0.3, 0.4) is 0 Å². The van der Waals surface area contributed by atoms with Crippen LogP contribution in [0.1, 0.15) is 11.1 Å². The molecule has 2 aromatic rings. The molecule has 1 heterocycles. The Morgan fingerprint density at radius 1 is 1.17 bits per heavy atom. The summed E-state index contributed by atoms with van der Waals surface area (Å²) in [5, 5.41) is 4.12. The Kier molecular flexibility index (Phi) is 5.63. The molecule has 1 aliphatic rings. The summed E-state index contributed by atoms with van der Waals surface area (Å²) in [6.07, 6.45) is 0.742. The first-order valence-corrected chi connectivity index (χ1v) is 9.82. The number of thiocarbonyl (C=S) groups is 1. The van der Waals surface area contributed by atoms with Crippen LogP contribution < -0.4 is 5.32 Å². The molecule has 0 spiro atoms. The van der Waals surface area contributed by atoms with E-state index in [-0.39, 0.29) is 0 Å². The molecule has 0 amide bonds. The molecule has 23 heavy (non-hydrogen) atoms. The summed E-state index contributed by atoms with van der Waals surface area (Å²) in [6, 6.07) is 14.2. The summed E-state index contributed by atoms with van der Waals surface area (Å²) in [5.74, 6) is 12.2. The first kappa shape index (κ1) is 17.7. The highest BCUT2D eigenvalue weighted by atomic mass is 35.5. The van der Waals surface area contributed by atoms with E-state index in [1.165, 1.54) is 5.56 Å². The third-order valence-corrected chi connectivity index (χ3v) is 5.58. The largest absolute Gasteiger partial charge is 0.342 e. The molecule has 1 aliphatic heterocycles. The molecule has 0 fully saturated rings. The van der Waals surface area contributed by atoms with Gasteiger partial charge in [0.2, 0.25) is 0 Å². The van der Waals surface area contributed by atoms with Gasteiger partial charge < -0.3 is 5.32 Å². The zero-order valence-electron chi connectivity index (χ0n) is 13.0. The summed E-state index contributed by atoms with van der Waals surface area (Å²) in [7, 11) is -1.68. The highest BCUT2D eigenvalue weighted by Gasteiger charge is 2.18. The highest BCUT2D eigenvalue weighted by molar-refractivity contribution is 8.27. The number of hydrogen-bond acceptors (Lipinski definition) is 3. The molecule has 0 atom stereocenters. The second-order valence-electron chi connectivity index (χ2n) is 5.27. The topological polar surface area (TPSA) is 24.4 Å². The zero-order chi connectivity index (χ0) is 17.0. The molecule has 5 heteroatoms. The van der Waals surface area contributed by atoms with Crippen molar-refractivity contribution >= 4 is 62.3 Å². The molecule has 1 N–H and O–H groups in total. The molecule has 0 aromatic heterocycles. The highest BCUT2D eigenvalue weighted by Crippen LogP contribution is 2.44. The predicted octanol–water partition coefficient (Wildman–Crippen LogP) is 5.27. The van der Waals surface area contributed by atoms with E-state index in [0.717, 1.165) is 33.4 Å². The first-order valence-electron chi connectivity index (χ1n) is 6.94. The van der Waals surface area contributed by atoms with Crippen molar-refractivity contribution in [3.63, 3.8) is 0 Å². The van der Waals surface area contributed by atoms with Gasteiger partial charge in [-0.05, 0) is 36.1 Å². The quantitative estimate of drug-likeness (QED) is 0.735. The van der Waals surface area contributed by atoms with Crippen molar-refractivity contribution in [2.75, 3.05) is 5.32 Å². The SMILES string of the molecule is C=S.C=S1(=C)N=C(Cc2ccccc2)Nc2cc(Cl)c(C)cc21. The summed E-state index contributed by atoms with van der Waals surface area (Å²) >= 11 is 10.1. The van der Waals surface area contributed by atoms with Crippen molar-refractivity contribution in [2.45, 2.75) is 18.2 Å². The van der Waals surface area contributed by atoms with Crippen LogP contribution in [-0.2, 0) is 6.42 Å². The minimum absolute atomic E-state index is 0.742. The lowest BCUT2D eigenvalue weighted by Gasteiger charge is -2.25. The molecule has 0 radical (unpaired) electrons. The summed E-state index contributed by atoms with van der Waals surface area (Å²) < 4.78 is 4.75. The molecular formula is C18H19ClN2S2. The third-order valence-electron chi connectivity index (χ3n) is 3.45. The normalized spacial score (nSPS) is 14.6. The third kappa shape index (κ3) is 4.02. The molecule has 2 nitrogen and oxygen atoms in total. The number of nitrogens with one attached hydrogen (secondary N) is 1. The van der Waals surface area contributed by atoms with Crippen molar-refractivity contribution in [1.82, 2.24) is 0 Å². The second kappa shape index (κ2) is 7.30. The second-order valence-corrected chi connectivity index (χ2v) is 7.98. The van der Waals surface area contributed by atoms with Crippen molar-refractivity contribution < 1.29 is 0 Å². The first-order chi connectivity index (χ1) is 11.0. The van der Waals surface area contributed by atoms with Gasteiger partial charge in [-0.3, -0.25) is 0 Å². The van der Waals surface area contributed by atoms with Gasteiger partial charge in [0.05, 0.1) is 5.69 Å². The fraction of sp³-hybridized carbons (Fsp3) is 0.111. The van der Waals surface area contributed by atoms with Crippen LogP contribution >= 0.6 is 33.2 Å². The van der Waals surface area contributed by atoms with E-state index in [9.17, 15) is 0 Å². The Labute approximate surface area is 148 Å². The van der Waals surface area contributed by atoms with E-state index in [2.05, 4.69) is 47.3 Å². The van der Waals surface area contributed by atoms with E-state index in [1.54, 1.807) is 0 Å². The number of amidine groups is 1. The van der Waals surface area contributed by atoms with E-state index in [0.29, 0.717) is 0 Å². The maximum absolute atomic E-state index is 6.24. The Hall–Kier alpha value is -1.62. The van der Waals surface area contributed by atoms with Crippen molar-refractivity contribution in [3.05, 3.63) is 58.6 Å². The number of hydrogen-bond donors (Lipinski definition) is 1. The lowest BCUT2D eigenvalue weighted by molar-refractivity contribution is 1.27. The summed E-state index contributed by atoms with van der Waals surface area (Å²) in [6.45, 7) is 1.99. The average molecular weight is 363 g/mol. The standard InChI is InChI=1S/C17H17ClN2S.CH2S/c1-12-9-16-15(11-14(12)18)19-17(20-21(16,2)3)10-13-7-5-4-6-8-13;1-2/h4-9,11H,2-3,10H2,1H3,(H,19,20);1H2. The molecule has 120 valence electrons.